The molecule has 0 radical (unpaired) electrons. The summed E-state index contributed by atoms with van der Waals surface area (Å²) in [6.07, 6.45) is -3.70. The number of carbonyl (C=O) groups excluding carboxylic acids is 7. The summed E-state index contributed by atoms with van der Waals surface area (Å²) in [5.41, 5.74) is 10.7. The van der Waals surface area contributed by atoms with Crippen LogP contribution in [0.5, 0.6) is 0 Å². The molecule has 0 saturated heterocycles. The van der Waals surface area contributed by atoms with Gasteiger partial charge in [-0.05, 0) is 33.1 Å². The van der Waals surface area contributed by atoms with Crippen LogP contribution in [0.1, 0.15) is 73.6 Å². The van der Waals surface area contributed by atoms with E-state index in [0.29, 0.717) is 0 Å². The number of amides is 4. The molecule has 14 nitrogen and oxygen atoms in total. The van der Waals surface area contributed by atoms with Crippen LogP contribution >= 0.6 is 0 Å². The van der Waals surface area contributed by atoms with Crippen molar-refractivity contribution in [3.05, 3.63) is 0 Å². The highest BCUT2D eigenvalue weighted by molar-refractivity contribution is 5.96. The van der Waals surface area contributed by atoms with E-state index in [1.54, 1.807) is 20.8 Å². The van der Waals surface area contributed by atoms with E-state index in [0.717, 1.165) is 0 Å². The maximum absolute atomic E-state index is 13.2. The summed E-state index contributed by atoms with van der Waals surface area (Å²) in [5, 5.41) is 27.8. The number of Topliss-reactive ketones (excluding diaryl/α,β-unsaturated/α-hetero) is 3. The Morgan fingerprint density at radius 2 is 1.27 bits per heavy atom. The number of nitrogens with one attached hydrogen (secondary N) is 3. The van der Waals surface area contributed by atoms with E-state index in [-0.39, 0.29) is 31.6 Å². The maximum Gasteiger partial charge on any atom is 0.237 e. The van der Waals surface area contributed by atoms with Gasteiger partial charge in [-0.2, -0.15) is 0 Å². The minimum Gasteiger partial charge on any atom is -0.393 e. The first kappa shape index (κ1) is 37.8. The normalized spacial score (nSPS) is 16.3. The van der Waals surface area contributed by atoms with Crippen molar-refractivity contribution in [1.82, 2.24) is 16.0 Å². The van der Waals surface area contributed by atoms with Crippen molar-refractivity contribution < 1.29 is 43.8 Å². The van der Waals surface area contributed by atoms with Gasteiger partial charge in [0.1, 0.15) is 0 Å². The van der Waals surface area contributed by atoms with Crippen LogP contribution in [0.3, 0.4) is 0 Å². The molecule has 9 N–H and O–H groups in total. The Morgan fingerprint density at radius 1 is 0.756 bits per heavy atom. The van der Waals surface area contributed by atoms with Gasteiger partial charge >= 0.3 is 0 Å². The van der Waals surface area contributed by atoms with Crippen molar-refractivity contribution >= 4 is 41.0 Å². The molecule has 0 bridgehead atoms. The summed E-state index contributed by atoms with van der Waals surface area (Å²) < 4.78 is 0. The molecule has 0 aromatic heterocycles. The summed E-state index contributed by atoms with van der Waals surface area (Å²) in [5.74, 6) is -7.30. The van der Waals surface area contributed by atoms with Gasteiger partial charge in [-0.25, -0.2) is 0 Å². The van der Waals surface area contributed by atoms with Crippen molar-refractivity contribution in [3.8, 4) is 0 Å². The second-order valence-corrected chi connectivity index (χ2v) is 10.7. The summed E-state index contributed by atoms with van der Waals surface area (Å²) in [6.45, 7) is 8.69. The number of aliphatic hydroxyl groups excluding tert-OH is 2. The highest BCUT2D eigenvalue weighted by atomic mass is 16.3. The molecule has 4 amide bonds. The van der Waals surface area contributed by atoms with Gasteiger partial charge in [0.15, 0.2) is 17.3 Å². The van der Waals surface area contributed by atoms with E-state index in [4.69, 9.17) is 11.5 Å². The highest BCUT2D eigenvalue weighted by Crippen LogP contribution is 2.18. The Kier molecular flexibility index (Phi) is 16.8. The van der Waals surface area contributed by atoms with Crippen LogP contribution in [0.4, 0.5) is 0 Å². The van der Waals surface area contributed by atoms with E-state index in [2.05, 4.69) is 16.0 Å². The first-order valence-electron chi connectivity index (χ1n) is 13.8. The van der Waals surface area contributed by atoms with Crippen molar-refractivity contribution in [2.75, 3.05) is 6.54 Å². The van der Waals surface area contributed by atoms with Gasteiger partial charge in [-0.1, -0.05) is 20.8 Å². The standard InChI is InChI=1S/C27H47N5O9/c1-7-17(35)12-30-26(40)18(15(5)33)11-22(37)24(13(2)3)32-27(41)19(16(6)34)10-21(36)20(8-9-23(29)38)31-25(39)14(4)28/h13-16,18-20,24,33-34H,7-12,28H2,1-6H3,(H2,29,38)(H,30,40)(H,31,39)(H,32,41)/t14-,15?,16?,18-,19-,20-,24-/m0/s1. The molecule has 0 aliphatic heterocycles. The Morgan fingerprint density at radius 3 is 1.71 bits per heavy atom. The summed E-state index contributed by atoms with van der Waals surface area (Å²) >= 11 is 0. The van der Waals surface area contributed by atoms with Crippen LogP contribution in [-0.2, 0) is 33.6 Å². The molecule has 7 atom stereocenters. The van der Waals surface area contributed by atoms with Gasteiger partial charge in [-0.3, -0.25) is 33.6 Å². The van der Waals surface area contributed by atoms with E-state index >= 15 is 0 Å². The molecule has 234 valence electrons. The Labute approximate surface area is 240 Å². The third-order valence-corrected chi connectivity index (χ3v) is 6.64. The number of primary amides is 1. The van der Waals surface area contributed by atoms with E-state index in [1.807, 2.05) is 0 Å². The first-order valence-corrected chi connectivity index (χ1v) is 13.8. The lowest BCUT2D eigenvalue weighted by molar-refractivity contribution is -0.138. The van der Waals surface area contributed by atoms with Crippen molar-refractivity contribution in [3.63, 3.8) is 0 Å². The molecule has 0 saturated carbocycles. The van der Waals surface area contributed by atoms with Gasteiger partial charge in [-0.15, -0.1) is 0 Å². The van der Waals surface area contributed by atoms with Gasteiger partial charge in [0.25, 0.3) is 0 Å². The van der Waals surface area contributed by atoms with Crippen molar-refractivity contribution in [2.24, 2.45) is 29.2 Å². The quantitative estimate of drug-likeness (QED) is 0.0847. The average molecular weight is 586 g/mol. The fraction of sp³-hybridized carbons (Fsp3) is 0.741. The lowest BCUT2D eigenvalue weighted by Gasteiger charge is -2.28. The van der Waals surface area contributed by atoms with Crippen molar-refractivity contribution in [1.29, 1.82) is 0 Å². The van der Waals surface area contributed by atoms with Gasteiger partial charge < -0.3 is 37.6 Å². The number of hydrogen-bond donors (Lipinski definition) is 7. The minimum atomic E-state index is -1.34. The fourth-order valence-electron chi connectivity index (χ4n) is 3.89. The van der Waals surface area contributed by atoms with Crippen LogP contribution in [0.2, 0.25) is 0 Å². The van der Waals surface area contributed by atoms with Crippen LogP contribution in [0.15, 0.2) is 0 Å². The third kappa shape index (κ3) is 13.8. The summed E-state index contributed by atoms with van der Waals surface area (Å²) in [4.78, 5) is 86.9. The first-order chi connectivity index (χ1) is 18.9. The van der Waals surface area contributed by atoms with E-state index < -0.39 is 96.1 Å². The van der Waals surface area contributed by atoms with Crippen molar-refractivity contribution in [2.45, 2.75) is 104 Å². The highest BCUT2D eigenvalue weighted by Gasteiger charge is 2.36. The van der Waals surface area contributed by atoms with Crippen LogP contribution in [0, 0.1) is 17.8 Å². The Balaban J connectivity index is 5.73. The number of ketones is 3. The molecule has 41 heavy (non-hydrogen) atoms. The molecule has 0 aliphatic carbocycles. The zero-order valence-corrected chi connectivity index (χ0v) is 24.8. The zero-order valence-electron chi connectivity index (χ0n) is 24.8. The number of carbonyl (C=O) groups is 7. The molecular weight excluding hydrogens is 538 g/mol. The number of rotatable bonds is 20. The number of nitrogens with two attached hydrogens (primary N) is 2. The Bertz CT molecular complexity index is 949. The van der Waals surface area contributed by atoms with Gasteiger partial charge in [0.2, 0.25) is 23.6 Å². The smallest absolute Gasteiger partial charge is 0.237 e. The molecule has 0 aromatic rings. The minimum absolute atomic E-state index is 0.138. The monoisotopic (exact) mass is 585 g/mol. The molecule has 0 rings (SSSR count). The van der Waals surface area contributed by atoms with E-state index in [9.17, 15) is 43.8 Å². The molecule has 0 aromatic carbocycles. The lowest BCUT2D eigenvalue weighted by Crippen LogP contribution is -2.52. The molecule has 0 aliphatic rings. The van der Waals surface area contributed by atoms with E-state index in [1.165, 1.54) is 20.8 Å². The fourth-order valence-corrected chi connectivity index (χ4v) is 3.89. The molecular formula is C27H47N5O9. The third-order valence-electron chi connectivity index (χ3n) is 6.64. The molecule has 14 heteroatoms. The molecule has 0 fully saturated rings. The second kappa shape index (κ2) is 18.3. The lowest BCUT2D eigenvalue weighted by atomic mass is 9.87. The Hall–Kier alpha value is -3.23. The number of hydrogen-bond acceptors (Lipinski definition) is 10. The van der Waals surface area contributed by atoms with Crippen LogP contribution in [-0.4, -0.2) is 88.1 Å². The van der Waals surface area contributed by atoms with Crippen LogP contribution in [0.25, 0.3) is 0 Å². The van der Waals surface area contributed by atoms with Gasteiger partial charge in [0.05, 0.1) is 48.7 Å². The van der Waals surface area contributed by atoms with Gasteiger partial charge in [0, 0.05) is 25.7 Å². The summed E-state index contributed by atoms with van der Waals surface area (Å²) in [6, 6.07) is -3.27. The van der Waals surface area contributed by atoms with Crippen LogP contribution < -0.4 is 27.4 Å². The molecule has 2 unspecified atom stereocenters. The molecule has 0 spiro atoms. The summed E-state index contributed by atoms with van der Waals surface area (Å²) in [7, 11) is 0. The second-order valence-electron chi connectivity index (χ2n) is 10.7. The molecule has 0 heterocycles. The SMILES string of the molecule is CCC(=O)CNC(=O)[C@@H](CC(=O)[C@@H](NC(=O)[C@@H](CC(=O)[C@H](CCC(N)=O)NC(=O)[C@H](C)N)C(C)O)C(C)C)C(C)O. The topological polar surface area (TPSA) is 248 Å². The predicted octanol–water partition coefficient (Wildman–Crippen LogP) is -1.77. The zero-order chi connectivity index (χ0) is 32.0. The maximum atomic E-state index is 13.2. The predicted molar refractivity (Wildman–Crippen MR) is 149 cm³/mol. The number of aliphatic hydroxyl groups is 2. The largest absolute Gasteiger partial charge is 0.393 e. The average Bonchev–Trinajstić information content (AvgIpc) is 2.87.